The van der Waals surface area contributed by atoms with E-state index in [0.29, 0.717) is 11.8 Å². The van der Waals surface area contributed by atoms with Gasteiger partial charge in [0.05, 0.1) is 17.6 Å². The molecule has 136 valence electrons. The van der Waals surface area contributed by atoms with E-state index in [0.717, 1.165) is 69.2 Å². The van der Waals surface area contributed by atoms with Gasteiger partial charge >= 0.3 is 0 Å². The molecule has 2 aromatic rings. The zero-order valence-corrected chi connectivity index (χ0v) is 15.1. The van der Waals surface area contributed by atoms with Crippen LogP contribution in [-0.2, 0) is 6.54 Å². The molecule has 2 unspecified atom stereocenters. The van der Waals surface area contributed by atoms with Crippen molar-refractivity contribution in [2.75, 3.05) is 59.5 Å². The minimum absolute atomic E-state index is 0.287. The van der Waals surface area contributed by atoms with Crippen LogP contribution >= 0.6 is 0 Å². The molecule has 1 aromatic carbocycles. The summed E-state index contributed by atoms with van der Waals surface area (Å²) in [7, 11) is 2.19. The Morgan fingerprint density at radius 2 is 1.84 bits per heavy atom. The standard InChI is InChI=1S/C19H29N5O/c1-22-6-8-23(9-7-22)10-15-11-24(12-16(15)14-25)13-19-20-17-4-2-3-5-18(17)21-19/h2-5,15-16,25H,6-14H2,1H3,(H,20,21). The summed E-state index contributed by atoms with van der Waals surface area (Å²) in [6, 6.07) is 8.18. The van der Waals surface area contributed by atoms with Crippen molar-refractivity contribution in [1.29, 1.82) is 0 Å². The van der Waals surface area contributed by atoms with Crippen molar-refractivity contribution in [3.05, 3.63) is 30.1 Å². The minimum Gasteiger partial charge on any atom is -0.396 e. The van der Waals surface area contributed by atoms with E-state index in [1.165, 1.54) is 0 Å². The number of imidazole rings is 1. The molecule has 0 aliphatic carbocycles. The van der Waals surface area contributed by atoms with Gasteiger partial charge < -0.3 is 19.9 Å². The second kappa shape index (κ2) is 7.41. The van der Waals surface area contributed by atoms with Crippen LogP contribution in [-0.4, -0.2) is 89.2 Å². The summed E-state index contributed by atoms with van der Waals surface area (Å²) in [5, 5.41) is 9.83. The van der Waals surface area contributed by atoms with Gasteiger partial charge in [0, 0.05) is 52.4 Å². The fourth-order valence-corrected chi connectivity index (χ4v) is 4.23. The van der Waals surface area contributed by atoms with E-state index in [1.807, 2.05) is 18.2 Å². The van der Waals surface area contributed by atoms with Gasteiger partial charge in [0.2, 0.25) is 0 Å². The van der Waals surface area contributed by atoms with Crippen LogP contribution in [0.1, 0.15) is 5.82 Å². The van der Waals surface area contributed by atoms with Crippen molar-refractivity contribution in [3.8, 4) is 0 Å². The molecule has 6 heteroatoms. The van der Waals surface area contributed by atoms with E-state index in [4.69, 9.17) is 4.98 Å². The number of hydrogen-bond acceptors (Lipinski definition) is 5. The van der Waals surface area contributed by atoms with E-state index >= 15 is 0 Å². The summed E-state index contributed by atoms with van der Waals surface area (Å²) in [5.41, 5.74) is 2.13. The van der Waals surface area contributed by atoms with Crippen molar-refractivity contribution in [3.63, 3.8) is 0 Å². The Kier molecular flexibility index (Phi) is 5.03. The molecule has 2 aliphatic rings. The second-order valence-corrected chi connectivity index (χ2v) is 7.70. The van der Waals surface area contributed by atoms with Crippen LogP contribution in [0.25, 0.3) is 11.0 Å². The van der Waals surface area contributed by atoms with Crippen LogP contribution in [0.3, 0.4) is 0 Å². The highest BCUT2D eigenvalue weighted by molar-refractivity contribution is 5.74. The lowest BCUT2D eigenvalue weighted by molar-refractivity contribution is 0.116. The largest absolute Gasteiger partial charge is 0.396 e. The fraction of sp³-hybridized carbons (Fsp3) is 0.632. The Bertz CT molecular complexity index is 661. The molecule has 2 saturated heterocycles. The van der Waals surface area contributed by atoms with E-state index in [9.17, 15) is 5.11 Å². The molecule has 2 fully saturated rings. The van der Waals surface area contributed by atoms with Gasteiger partial charge in [0.1, 0.15) is 5.82 Å². The van der Waals surface area contributed by atoms with E-state index in [-0.39, 0.29) is 6.61 Å². The van der Waals surface area contributed by atoms with E-state index < -0.39 is 0 Å². The summed E-state index contributed by atoms with van der Waals surface area (Å²) < 4.78 is 0. The average molecular weight is 343 g/mol. The van der Waals surface area contributed by atoms with Gasteiger partial charge in [-0.15, -0.1) is 0 Å². The predicted molar refractivity (Wildman–Crippen MR) is 99.4 cm³/mol. The second-order valence-electron chi connectivity index (χ2n) is 7.70. The molecule has 4 rings (SSSR count). The highest BCUT2D eigenvalue weighted by atomic mass is 16.3. The number of rotatable bonds is 5. The first-order valence-electron chi connectivity index (χ1n) is 9.39. The van der Waals surface area contributed by atoms with Crippen molar-refractivity contribution in [1.82, 2.24) is 24.7 Å². The van der Waals surface area contributed by atoms with Gasteiger partial charge in [0.15, 0.2) is 0 Å². The zero-order chi connectivity index (χ0) is 17.2. The van der Waals surface area contributed by atoms with E-state index in [1.54, 1.807) is 0 Å². The number of nitrogens with zero attached hydrogens (tertiary/aromatic N) is 4. The third-order valence-electron chi connectivity index (χ3n) is 5.79. The average Bonchev–Trinajstić information content (AvgIpc) is 3.20. The first kappa shape index (κ1) is 17.0. The van der Waals surface area contributed by atoms with Crippen molar-refractivity contribution in [2.24, 2.45) is 11.8 Å². The maximum absolute atomic E-state index is 9.83. The Hall–Kier alpha value is -1.47. The third-order valence-corrected chi connectivity index (χ3v) is 5.79. The lowest BCUT2D eigenvalue weighted by atomic mass is 9.96. The van der Waals surface area contributed by atoms with Gasteiger partial charge in [-0.25, -0.2) is 4.98 Å². The summed E-state index contributed by atoms with van der Waals surface area (Å²) in [6.45, 7) is 8.84. The van der Waals surface area contributed by atoms with Crippen LogP contribution in [0.15, 0.2) is 24.3 Å². The van der Waals surface area contributed by atoms with Gasteiger partial charge in [-0.05, 0) is 31.0 Å². The number of likely N-dealkylation sites (tertiary alicyclic amines) is 1. The van der Waals surface area contributed by atoms with Crippen LogP contribution in [0.4, 0.5) is 0 Å². The molecule has 1 aromatic heterocycles. The lowest BCUT2D eigenvalue weighted by Crippen LogP contribution is -2.47. The fourth-order valence-electron chi connectivity index (χ4n) is 4.23. The minimum atomic E-state index is 0.287. The number of piperazine rings is 1. The van der Waals surface area contributed by atoms with Crippen molar-refractivity contribution < 1.29 is 5.11 Å². The number of benzene rings is 1. The maximum Gasteiger partial charge on any atom is 0.121 e. The number of aromatic amines is 1. The number of aromatic nitrogens is 2. The van der Waals surface area contributed by atoms with Crippen LogP contribution in [0.5, 0.6) is 0 Å². The zero-order valence-electron chi connectivity index (χ0n) is 15.1. The smallest absolute Gasteiger partial charge is 0.121 e. The number of hydrogen-bond donors (Lipinski definition) is 2. The molecule has 0 saturated carbocycles. The van der Waals surface area contributed by atoms with Crippen LogP contribution in [0, 0.1) is 11.8 Å². The first-order valence-corrected chi connectivity index (χ1v) is 9.39. The Morgan fingerprint density at radius 1 is 1.08 bits per heavy atom. The van der Waals surface area contributed by atoms with Crippen LogP contribution < -0.4 is 0 Å². The Balaban J connectivity index is 1.37. The van der Waals surface area contributed by atoms with Gasteiger partial charge in [-0.1, -0.05) is 12.1 Å². The molecule has 0 amide bonds. The molecular formula is C19H29N5O. The Labute approximate surface area is 149 Å². The highest BCUT2D eigenvalue weighted by Gasteiger charge is 2.34. The SMILES string of the molecule is CN1CCN(CC2CN(Cc3nc4ccccc4[nH]3)CC2CO)CC1. The number of H-pyrrole nitrogens is 1. The molecule has 25 heavy (non-hydrogen) atoms. The maximum atomic E-state index is 9.83. The Morgan fingerprint density at radius 3 is 2.60 bits per heavy atom. The predicted octanol–water partition coefficient (Wildman–Crippen LogP) is 0.851. The lowest BCUT2D eigenvalue weighted by Gasteiger charge is -2.34. The number of nitrogens with one attached hydrogen (secondary N) is 1. The molecule has 0 radical (unpaired) electrons. The summed E-state index contributed by atoms with van der Waals surface area (Å²) in [6.07, 6.45) is 0. The summed E-state index contributed by atoms with van der Waals surface area (Å²) in [4.78, 5) is 15.5. The van der Waals surface area contributed by atoms with Crippen LogP contribution in [0.2, 0.25) is 0 Å². The van der Waals surface area contributed by atoms with E-state index in [2.05, 4.69) is 32.8 Å². The number of aliphatic hydroxyl groups is 1. The number of aliphatic hydroxyl groups excluding tert-OH is 1. The normalized spacial score (nSPS) is 26.6. The number of fused-ring (bicyclic) bond motifs is 1. The van der Waals surface area contributed by atoms with Crippen molar-refractivity contribution >= 4 is 11.0 Å². The monoisotopic (exact) mass is 343 g/mol. The quantitative estimate of drug-likeness (QED) is 0.843. The summed E-state index contributed by atoms with van der Waals surface area (Å²) >= 11 is 0. The molecule has 0 spiro atoms. The molecule has 0 bridgehead atoms. The van der Waals surface area contributed by atoms with Gasteiger partial charge in [-0.2, -0.15) is 0 Å². The topological polar surface area (TPSA) is 58.6 Å². The molecular weight excluding hydrogens is 314 g/mol. The molecule has 2 aliphatic heterocycles. The number of para-hydroxylation sites is 2. The van der Waals surface area contributed by atoms with Crippen molar-refractivity contribution in [2.45, 2.75) is 6.54 Å². The third kappa shape index (κ3) is 3.87. The molecule has 2 N–H and O–H groups in total. The molecule has 3 heterocycles. The highest BCUT2D eigenvalue weighted by Crippen LogP contribution is 2.26. The molecule has 2 atom stereocenters. The molecule has 6 nitrogen and oxygen atoms in total. The first-order chi connectivity index (χ1) is 12.2. The summed E-state index contributed by atoms with van der Waals surface area (Å²) in [5.74, 6) is 1.96. The number of likely N-dealkylation sites (N-methyl/N-ethyl adjacent to an activating group) is 1. The van der Waals surface area contributed by atoms with Gasteiger partial charge in [-0.3, -0.25) is 4.90 Å². The van der Waals surface area contributed by atoms with Gasteiger partial charge in [0.25, 0.3) is 0 Å².